The number of carbonyl (C=O) groups is 1. The molecule has 0 unspecified atom stereocenters. The molecule has 3 N–H and O–H groups in total. The summed E-state index contributed by atoms with van der Waals surface area (Å²) in [4.78, 5) is 12.6. The predicted octanol–water partition coefficient (Wildman–Crippen LogP) is 2.38. The molecule has 0 aliphatic carbocycles. The molecule has 0 aromatic heterocycles. The molecule has 2 rings (SSSR count). The van der Waals surface area contributed by atoms with Crippen molar-refractivity contribution in [1.82, 2.24) is 14.8 Å². The van der Waals surface area contributed by atoms with Crippen LogP contribution in [0.15, 0.2) is 58.3 Å². The number of nitrogens with one attached hydrogen (secondary N) is 3. The molecule has 170 valence electrons. The molecule has 0 heterocycles. The monoisotopic (exact) mass is 467 g/mol. The van der Waals surface area contributed by atoms with Crippen LogP contribution in [0.2, 0.25) is 0 Å². The number of hydrogen-bond donors (Lipinski definition) is 3. The summed E-state index contributed by atoms with van der Waals surface area (Å²) in [5, 5.41) is 2.71. The number of benzene rings is 2. The molecule has 0 saturated heterocycles. The zero-order chi connectivity index (χ0) is 23.4. The molecule has 10 heteroatoms. The lowest BCUT2D eigenvalue weighted by atomic mass is 10.1. The van der Waals surface area contributed by atoms with E-state index in [0.717, 1.165) is 0 Å². The second-order valence-electron chi connectivity index (χ2n) is 8.49. The maximum Gasteiger partial charge on any atom is 0.251 e. The second-order valence-corrected chi connectivity index (χ2v) is 11.9. The van der Waals surface area contributed by atoms with E-state index in [1.165, 1.54) is 36.4 Å². The molecular weight excluding hydrogens is 438 g/mol. The fourth-order valence-electron chi connectivity index (χ4n) is 2.73. The summed E-state index contributed by atoms with van der Waals surface area (Å²) in [6, 6.07) is 11.7. The van der Waals surface area contributed by atoms with Crippen LogP contribution in [0.25, 0.3) is 0 Å². The Hall–Kier alpha value is -2.27. The standard InChI is InChI=1S/C21H29N3O5S2/c1-15(2)23-30(26,27)19-8-6-7-16(13-19)14-22-20(25)17-9-11-18(12-10-17)31(28,29)24-21(3,4)5/h6-13,15,23-24H,14H2,1-5H3,(H,22,25). The van der Waals surface area contributed by atoms with E-state index in [-0.39, 0.29) is 22.4 Å². The van der Waals surface area contributed by atoms with E-state index in [2.05, 4.69) is 14.8 Å². The Morgan fingerprint density at radius 1 is 0.903 bits per heavy atom. The third-order valence-corrected chi connectivity index (χ3v) is 7.35. The van der Waals surface area contributed by atoms with Crippen molar-refractivity contribution >= 4 is 26.0 Å². The minimum atomic E-state index is -3.69. The van der Waals surface area contributed by atoms with Crippen molar-refractivity contribution in [2.24, 2.45) is 0 Å². The summed E-state index contributed by atoms with van der Waals surface area (Å²) in [5.74, 6) is -0.402. The molecule has 2 aromatic rings. The lowest BCUT2D eigenvalue weighted by molar-refractivity contribution is 0.0950. The summed E-state index contributed by atoms with van der Waals surface area (Å²) in [7, 11) is -7.32. The Bertz CT molecular complexity index is 1130. The molecule has 0 atom stereocenters. The fraction of sp³-hybridized carbons (Fsp3) is 0.381. The van der Waals surface area contributed by atoms with E-state index in [0.29, 0.717) is 11.1 Å². The van der Waals surface area contributed by atoms with Gasteiger partial charge in [-0.2, -0.15) is 0 Å². The SMILES string of the molecule is CC(C)NS(=O)(=O)c1cccc(CNC(=O)c2ccc(S(=O)(=O)NC(C)(C)C)cc2)c1. The van der Waals surface area contributed by atoms with E-state index < -0.39 is 31.5 Å². The lowest BCUT2D eigenvalue weighted by Crippen LogP contribution is -2.40. The van der Waals surface area contributed by atoms with E-state index in [1.807, 2.05) is 0 Å². The van der Waals surface area contributed by atoms with Crippen LogP contribution < -0.4 is 14.8 Å². The van der Waals surface area contributed by atoms with Gasteiger partial charge >= 0.3 is 0 Å². The van der Waals surface area contributed by atoms with Gasteiger partial charge in [0.15, 0.2) is 0 Å². The molecule has 0 spiro atoms. The number of sulfonamides is 2. The summed E-state index contributed by atoms with van der Waals surface area (Å²) >= 11 is 0. The van der Waals surface area contributed by atoms with Crippen LogP contribution in [0.3, 0.4) is 0 Å². The zero-order valence-corrected chi connectivity index (χ0v) is 19.9. The van der Waals surface area contributed by atoms with Gasteiger partial charge in [-0.1, -0.05) is 12.1 Å². The minimum absolute atomic E-state index is 0.0644. The molecule has 31 heavy (non-hydrogen) atoms. The fourth-order valence-corrected chi connectivity index (χ4v) is 5.47. The Morgan fingerprint density at radius 3 is 2.06 bits per heavy atom. The first-order valence-corrected chi connectivity index (χ1v) is 12.7. The van der Waals surface area contributed by atoms with Crippen molar-refractivity contribution in [3.8, 4) is 0 Å². The first-order chi connectivity index (χ1) is 14.2. The Kier molecular flexibility index (Phi) is 7.64. The number of rotatable bonds is 8. The average Bonchev–Trinajstić information content (AvgIpc) is 2.63. The van der Waals surface area contributed by atoms with E-state index in [9.17, 15) is 21.6 Å². The highest BCUT2D eigenvalue weighted by atomic mass is 32.2. The predicted molar refractivity (Wildman–Crippen MR) is 120 cm³/mol. The summed E-state index contributed by atoms with van der Waals surface area (Å²) in [6.45, 7) is 8.81. The molecule has 0 aliphatic heterocycles. The quantitative estimate of drug-likeness (QED) is 0.550. The third-order valence-electron chi connectivity index (χ3n) is 3.92. The van der Waals surface area contributed by atoms with Gasteiger partial charge in [0.25, 0.3) is 5.91 Å². The van der Waals surface area contributed by atoms with Gasteiger partial charge in [0.05, 0.1) is 9.79 Å². The molecular formula is C21H29N3O5S2. The van der Waals surface area contributed by atoms with Gasteiger partial charge in [-0.15, -0.1) is 0 Å². The first-order valence-electron chi connectivity index (χ1n) is 9.73. The molecule has 0 radical (unpaired) electrons. The number of amides is 1. The Balaban J connectivity index is 2.08. The smallest absolute Gasteiger partial charge is 0.251 e. The number of carbonyl (C=O) groups excluding carboxylic acids is 1. The van der Waals surface area contributed by atoms with Crippen LogP contribution in [0.1, 0.15) is 50.5 Å². The highest BCUT2D eigenvalue weighted by Crippen LogP contribution is 2.15. The van der Waals surface area contributed by atoms with Crippen molar-refractivity contribution in [1.29, 1.82) is 0 Å². The van der Waals surface area contributed by atoms with Gasteiger partial charge in [0.2, 0.25) is 20.0 Å². The summed E-state index contributed by atoms with van der Waals surface area (Å²) < 4.78 is 54.4. The third kappa shape index (κ3) is 7.42. The largest absolute Gasteiger partial charge is 0.348 e. The topological polar surface area (TPSA) is 121 Å². The van der Waals surface area contributed by atoms with Crippen molar-refractivity contribution in [2.75, 3.05) is 0 Å². The molecule has 0 saturated carbocycles. The minimum Gasteiger partial charge on any atom is -0.348 e. The molecule has 0 aliphatic rings. The van der Waals surface area contributed by atoms with Crippen molar-refractivity contribution in [3.63, 3.8) is 0 Å². The molecule has 1 amide bonds. The Morgan fingerprint density at radius 2 is 1.52 bits per heavy atom. The van der Waals surface area contributed by atoms with Crippen molar-refractivity contribution < 1.29 is 21.6 Å². The number of hydrogen-bond acceptors (Lipinski definition) is 5. The second kappa shape index (κ2) is 9.47. The maximum absolute atomic E-state index is 12.4. The van der Waals surface area contributed by atoms with Gasteiger partial charge in [0, 0.05) is 23.7 Å². The highest BCUT2D eigenvalue weighted by Gasteiger charge is 2.22. The van der Waals surface area contributed by atoms with E-state index in [1.54, 1.807) is 46.8 Å². The summed E-state index contributed by atoms with van der Waals surface area (Å²) in [6.07, 6.45) is 0. The normalized spacial score (nSPS) is 12.7. The van der Waals surface area contributed by atoms with Gasteiger partial charge in [0.1, 0.15) is 0 Å². The van der Waals surface area contributed by atoms with Gasteiger partial charge in [-0.25, -0.2) is 26.3 Å². The maximum atomic E-state index is 12.4. The Labute approximate surface area is 184 Å². The van der Waals surface area contributed by atoms with Gasteiger partial charge in [-0.05, 0) is 76.6 Å². The van der Waals surface area contributed by atoms with Crippen LogP contribution >= 0.6 is 0 Å². The van der Waals surface area contributed by atoms with Crippen LogP contribution in [0.5, 0.6) is 0 Å². The van der Waals surface area contributed by atoms with Crippen LogP contribution in [-0.4, -0.2) is 34.3 Å². The molecule has 8 nitrogen and oxygen atoms in total. The first kappa shape index (κ1) is 25.0. The van der Waals surface area contributed by atoms with Crippen LogP contribution in [0, 0.1) is 0 Å². The van der Waals surface area contributed by atoms with Crippen molar-refractivity contribution in [3.05, 3.63) is 59.7 Å². The zero-order valence-electron chi connectivity index (χ0n) is 18.3. The van der Waals surface area contributed by atoms with E-state index >= 15 is 0 Å². The van der Waals surface area contributed by atoms with Crippen LogP contribution in [-0.2, 0) is 26.6 Å². The van der Waals surface area contributed by atoms with Crippen molar-refractivity contribution in [2.45, 2.75) is 62.5 Å². The van der Waals surface area contributed by atoms with Crippen LogP contribution in [0.4, 0.5) is 0 Å². The highest BCUT2D eigenvalue weighted by molar-refractivity contribution is 7.89. The van der Waals surface area contributed by atoms with E-state index in [4.69, 9.17) is 0 Å². The molecule has 0 bridgehead atoms. The molecule has 2 aromatic carbocycles. The average molecular weight is 468 g/mol. The van der Waals surface area contributed by atoms with Gasteiger partial charge in [-0.3, -0.25) is 4.79 Å². The summed E-state index contributed by atoms with van der Waals surface area (Å²) in [5.41, 5.74) is 0.287. The van der Waals surface area contributed by atoms with Gasteiger partial charge < -0.3 is 5.32 Å². The lowest BCUT2D eigenvalue weighted by Gasteiger charge is -2.20. The molecule has 0 fully saturated rings.